The first-order valence-corrected chi connectivity index (χ1v) is 17.7. The van der Waals surface area contributed by atoms with E-state index in [0.717, 1.165) is 18.2 Å². The van der Waals surface area contributed by atoms with E-state index in [2.05, 4.69) is 26.6 Å². The van der Waals surface area contributed by atoms with Gasteiger partial charge < -0.3 is 31.7 Å². The average Bonchev–Trinajstić information content (AvgIpc) is 3.65. The van der Waals surface area contributed by atoms with Gasteiger partial charge in [-0.3, -0.25) is 24.0 Å². The van der Waals surface area contributed by atoms with Gasteiger partial charge in [0.15, 0.2) is 6.04 Å². The summed E-state index contributed by atoms with van der Waals surface area (Å²) in [7, 11) is 0. The highest BCUT2D eigenvalue weighted by Gasteiger charge is 2.34. The molecule has 5 amide bonds. The molecule has 0 fully saturated rings. The Morgan fingerprint density at radius 1 is 0.667 bits per heavy atom. The summed E-state index contributed by atoms with van der Waals surface area (Å²) in [6.45, 7) is 0. The third-order valence-corrected chi connectivity index (χ3v) is 9.42. The summed E-state index contributed by atoms with van der Waals surface area (Å²) >= 11 is 1.30. The van der Waals surface area contributed by atoms with Crippen molar-refractivity contribution >= 4 is 52.5 Å². The summed E-state index contributed by atoms with van der Waals surface area (Å²) in [5, 5.41) is 24.7. The number of carboxylic acids is 1. The van der Waals surface area contributed by atoms with E-state index in [9.17, 15) is 47.0 Å². The molecule has 12 nitrogen and oxygen atoms in total. The van der Waals surface area contributed by atoms with Crippen LogP contribution < -0.4 is 26.6 Å². The number of thiophene rings is 1. The van der Waals surface area contributed by atoms with Gasteiger partial charge in [-0.2, -0.15) is 13.2 Å². The standard InChI is InChI=1S/C38H36F3N5O7S/c39-38(40,41)25-9-4-8-23(18-25)20-29-34(49)44-28(19-22-6-2-1-3-7-22)36(51)46-33(37(52)53)24-11-13-26(14-12-24)42-31(47)15-16-32(48)43-30(35(50)45-29)21-27-10-5-17-54-27/h1-14,17-18,28-30,33H,15-16,19-21H2,(H,42,47)(H,43,48)(H,44,49)(H,45,50)(H,46,51)(H,52,53)/t28-,29+,30-,33?/m1/s1. The van der Waals surface area contributed by atoms with Crippen LogP contribution in [0, 0.1) is 0 Å². The number of aliphatic carboxylic acids is 1. The quantitative estimate of drug-likeness (QED) is 0.154. The maximum absolute atomic E-state index is 14.1. The molecular formula is C38H36F3N5O7S. The smallest absolute Gasteiger partial charge is 0.416 e. The Kier molecular flexibility index (Phi) is 12.8. The summed E-state index contributed by atoms with van der Waals surface area (Å²) in [5.74, 6) is -5.34. The molecule has 54 heavy (non-hydrogen) atoms. The van der Waals surface area contributed by atoms with Crippen molar-refractivity contribution in [2.75, 3.05) is 5.32 Å². The Labute approximate surface area is 311 Å². The van der Waals surface area contributed by atoms with Gasteiger partial charge in [-0.1, -0.05) is 66.7 Å². The number of fused-ring (bicyclic) bond motifs is 17. The van der Waals surface area contributed by atoms with Crippen molar-refractivity contribution in [1.29, 1.82) is 0 Å². The summed E-state index contributed by atoms with van der Waals surface area (Å²) in [6.07, 6.45) is -5.90. The Morgan fingerprint density at radius 3 is 1.87 bits per heavy atom. The maximum atomic E-state index is 14.1. The molecule has 6 rings (SSSR count). The number of nitrogens with one attached hydrogen (secondary N) is 5. The first-order valence-electron chi connectivity index (χ1n) is 16.8. The molecule has 2 aliphatic heterocycles. The van der Waals surface area contributed by atoms with Crippen LogP contribution in [0.4, 0.5) is 18.9 Å². The summed E-state index contributed by atoms with van der Waals surface area (Å²) in [6, 6.07) is 15.9. The summed E-state index contributed by atoms with van der Waals surface area (Å²) in [5.41, 5.74) is 0.0584. The number of anilines is 1. The van der Waals surface area contributed by atoms with Crippen molar-refractivity contribution in [2.45, 2.75) is 62.4 Å². The van der Waals surface area contributed by atoms with E-state index in [1.807, 2.05) is 0 Å². The first-order chi connectivity index (χ1) is 25.7. The number of carbonyl (C=O) groups is 6. The minimum Gasteiger partial charge on any atom is -0.479 e. The SMILES string of the molecule is O=C1CCC(=O)N[C@H](Cc2cccs2)C(=O)N[C@@H](Cc2cccc(C(F)(F)F)c2)C(=O)N[C@H](Cc2ccccc2)C(=O)NC(C(=O)O)c2ccc(cc2)N1. The lowest BCUT2D eigenvalue weighted by Crippen LogP contribution is -2.58. The Balaban J connectivity index is 1.54. The van der Waals surface area contributed by atoms with Gasteiger partial charge in [-0.15, -0.1) is 11.3 Å². The molecule has 4 atom stereocenters. The molecule has 2 aliphatic rings. The van der Waals surface area contributed by atoms with Crippen molar-refractivity contribution in [3.8, 4) is 0 Å². The minimum atomic E-state index is -4.70. The van der Waals surface area contributed by atoms with Crippen molar-refractivity contribution in [3.05, 3.63) is 124 Å². The Morgan fingerprint density at radius 2 is 1.26 bits per heavy atom. The molecular weight excluding hydrogens is 728 g/mol. The van der Waals surface area contributed by atoms with Crippen molar-refractivity contribution in [2.24, 2.45) is 0 Å². The van der Waals surface area contributed by atoms with Crippen LogP contribution in [0.5, 0.6) is 0 Å². The second kappa shape index (κ2) is 17.7. The van der Waals surface area contributed by atoms with E-state index in [0.29, 0.717) is 16.1 Å². The topological polar surface area (TPSA) is 183 Å². The third-order valence-electron chi connectivity index (χ3n) is 8.52. The van der Waals surface area contributed by atoms with E-state index in [1.54, 1.807) is 47.8 Å². The highest BCUT2D eigenvalue weighted by molar-refractivity contribution is 7.09. The highest BCUT2D eigenvalue weighted by atomic mass is 32.1. The number of carboxylic acid groups (broad SMARTS) is 1. The number of hydrogen-bond donors (Lipinski definition) is 6. The van der Waals surface area contributed by atoms with Crippen LogP contribution in [-0.2, 0) is 54.2 Å². The van der Waals surface area contributed by atoms with Gasteiger partial charge in [-0.05, 0) is 46.3 Å². The van der Waals surface area contributed by atoms with Crippen LogP contribution in [-0.4, -0.2) is 58.7 Å². The van der Waals surface area contributed by atoms with Crippen LogP contribution in [0.3, 0.4) is 0 Å². The lowest BCUT2D eigenvalue weighted by molar-refractivity contribution is -0.142. The number of rotatable bonds is 7. The van der Waals surface area contributed by atoms with Gasteiger partial charge in [0.2, 0.25) is 29.5 Å². The normalized spacial score (nSPS) is 20.5. The van der Waals surface area contributed by atoms with Crippen molar-refractivity contribution in [3.63, 3.8) is 0 Å². The molecule has 3 heterocycles. The Hall–Kier alpha value is -6.03. The molecule has 1 aromatic heterocycles. The molecule has 282 valence electrons. The van der Waals surface area contributed by atoms with Gasteiger partial charge in [-0.25, -0.2) is 4.79 Å². The fourth-order valence-electron chi connectivity index (χ4n) is 5.77. The molecule has 0 saturated carbocycles. The molecule has 0 aliphatic carbocycles. The van der Waals surface area contributed by atoms with Crippen molar-refractivity contribution < 1.29 is 47.0 Å². The molecule has 1 unspecified atom stereocenters. The molecule has 16 heteroatoms. The summed E-state index contributed by atoms with van der Waals surface area (Å²) in [4.78, 5) is 80.8. The second-order valence-corrected chi connectivity index (χ2v) is 13.6. The van der Waals surface area contributed by atoms with Gasteiger partial charge in [0.1, 0.15) is 18.1 Å². The van der Waals surface area contributed by atoms with Crippen LogP contribution in [0.2, 0.25) is 0 Å². The van der Waals surface area contributed by atoms with E-state index in [4.69, 9.17) is 0 Å². The Bertz CT molecular complexity index is 1970. The molecule has 0 spiro atoms. The fraction of sp³-hybridized carbons (Fsp3) is 0.263. The largest absolute Gasteiger partial charge is 0.479 e. The first kappa shape index (κ1) is 39.2. The number of alkyl halides is 3. The van der Waals surface area contributed by atoms with Gasteiger partial charge in [0.25, 0.3) is 0 Å². The zero-order valence-corrected chi connectivity index (χ0v) is 29.3. The summed E-state index contributed by atoms with van der Waals surface area (Å²) < 4.78 is 40.9. The van der Waals surface area contributed by atoms with Crippen LogP contribution in [0.25, 0.3) is 0 Å². The van der Waals surface area contributed by atoms with Gasteiger partial charge >= 0.3 is 12.1 Å². The molecule has 2 bridgehead atoms. The predicted molar refractivity (Wildman–Crippen MR) is 192 cm³/mol. The third kappa shape index (κ3) is 11.0. The van der Waals surface area contributed by atoms with E-state index >= 15 is 0 Å². The van der Waals surface area contributed by atoms with E-state index < -0.39 is 77.8 Å². The molecule has 6 N–H and O–H groups in total. The van der Waals surface area contributed by atoms with E-state index in [-0.39, 0.29) is 36.8 Å². The zero-order chi connectivity index (χ0) is 38.8. The number of carbonyl (C=O) groups excluding carboxylic acids is 5. The lowest BCUT2D eigenvalue weighted by Gasteiger charge is -2.26. The zero-order valence-electron chi connectivity index (χ0n) is 28.5. The van der Waals surface area contributed by atoms with Crippen molar-refractivity contribution in [1.82, 2.24) is 21.3 Å². The van der Waals surface area contributed by atoms with Crippen LogP contribution >= 0.6 is 11.3 Å². The number of halogens is 3. The highest BCUT2D eigenvalue weighted by Crippen LogP contribution is 2.30. The molecule has 0 radical (unpaired) electrons. The molecule has 3 aromatic carbocycles. The van der Waals surface area contributed by atoms with E-state index in [1.165, 1.54) is 41.7 Å². The van der Waals surface area contributed by atoms with Gasteiger partial charge in [0, 0.05) is 42.7 Å². The monoisotopic (exact) mass is 763 g/mol. The van der Waals surface area contributed by atoms with Crippen LogP contribution in [0.15, 0.2) is 96.4 Å². The number of amides is 5. The minimum absolute atomic E-state index is 0.0126. The maximum Gasteiger partial charge on any atom is 0.416 e. The van der Waals surface area contributed by atoms with Gasteiger partial charge in [0.05, 0.1) is 5.56 Å². The number of benzene rings is 3. The fourth-order valence-corrected chi connectivity index (χ4v) is 6.52. The molecule has 4 aromatic rings. The predicted octanol–water partition coefficient (Wildman–Crippen LogP) is 3.92. The van der Waals surface area contributed by atoms with Crippen LogP contribution in [0.1, 0.15) is 46.0 Å². The number of hydrogen-bond acceptors (Lipinski definition) is 7. The molecule has 0 saturated heterocycles. The second-order valence-electron chi connectivity index (χ2n) is 12.6. The lowest BCUT2D eigenvalue weighted by atomic mass is 10.00. The average molecular weight is 764 g/mol.